The molecule has 0 bridgehead atoms. The van der Waals surface area contributed by atoms with Gasteiger partial charge in [0.05, 0.1) is 33.0 Å². The van der Waals surface area contributed by atoms with Crippen molar-refractivity contribution in [3.05, 3.63) is 0 Å². The number of nitrogens with zero attached hydrogens (tertiary/aromatic N) is 6. The molecule has 0 rings (SSSR count). The monoisotopic (exact) mass is 604 g/mol. The van der Waals surface area contributed by atoms with Crippen molar-refractivity contribution < 1.29 is 55.2 Å². The average Bonchev–Trinajstić information content (AvgIpc) is 2.77. The average molecular weight is 607 g/mol. The van der Waals surface area contributed by atoms with Gasteiger partial charge in [-0.15, -0.1) is 0 Å². The van der Waals surface area contributed by atoms with Gasteiger partial charge in [-0.2, -0.15) is 0 Å². The van der Waals surface area contributed by atoms with Crippen molar-refractivity contribution >= 4 is 88.6 Å². The largest absolute Gasteiger partial charge is 1.00 e. The van der Waals surface area contributed by atoms with Gasteiger partial charge in [0.25, 0.3) is 0 Å². The van der Waals surface area contributed by atoms with Crippen LogP contribution in [0, 0.1) is 0 Å². The van der Waals surface area contributed by atoms with Crippen LogP contribution in [0.4, 0.5) is 0 Å². The lowest BCUT2D eigenvalue weighted by atomic mass is 10.4. The van der Waals surface area contributed by atoms with E-state index in [1.165, 1.54) is 24.7 Å². The minimum Gasteiger partial charge on any atom is -1.00 e. The van der Waals surface area contributed by atoms with E-state index in [9.17, 15) is 19.2 Å². The minimum absolute atomic E-state index is 0. The molecule has 0 radical (unpaired) electrons. The molecule has 204 valence electrons. The summed E-state index contributed by atoms with van der Waals surface area (Å²) in [6.45, 7) is 3.96. The summed E-state index contributed by atoms with van der Waals surface area (Å²) in [6.07, 6.45) is 2.09. The van der Waals surface area contributed by atoms with Crippen molar-refractivity contribution in [3.63, 3.8) is 0 Å². The SMILES string of the molecule is CCOC(=O)C(C=O)=[N+]=NC.CCOC(=O)C=[N+]=NC.CN(C)C=O.C[N+](C)=CCl.ClC(Cl)Cl.[Cl-]. The highest BCUT2D eigenvalue weighted by atomic mass is 35.6. The number of esters is 2. The number of hydrogen-bond acceptors (Lipinski definition) is 8. The van der Waals surface area contributed by atoms with Crippen molar-refractivity contribution in [1.82, 2.24) is 4.90 Å². The zero-order valence-electron chi connectivity index (χ0n) is 20.8. The van der Waals surface area contributed by atoms with Crippen LogP contribution in [0.15, 0.2) is 10.2 Å². The van der Waals surface area contributed by atoms with Crippen LogP contribution in [0.2, 0.25) is 0 Å². The third kappa shape index (κ3) is 65.3. The van der Waals surface area contributed by atoms with Gasteiger partial charge >= 0.3 is 23.9 Å². The second-order valence-corrected chi connectivity index (χ2v) is 7.27. The van der Waals surface area contributed by atoms with Crippen molar-refractivity contribution in [3.8, 4) is 0 Å². The molecule has 0 N–H and O–H groups in total. The van der Waals surface area contributed by atoms with Gasteiger partial charge < -0.3 is 26.8 Å². The molecule has 0 aliphatic carbocycles. The Hall–Kier alpha value is -2.04. The van der Waals surface area contributed by atoms with E-state index < -0.39 is 16.2 Å². The molecule has 0 aliphatic rings. The first-order chi connectivity index (χ1) is 15.8. The molecule has 0 saturated heterocycles. The molecular weight excluding hydrogens is 573 g/mol. The van der Waals surface area contributed by atoms with E-state index in [0.29, 0.717) is 12.9 Å². The zero-order chi connectivity index (χ0) is 27.9. The topological polar surface area (TPSA) is 146 Å². The Balaban J connectivity index is -0.0000000789. The number of amides is 1. The summed E-state index contributed by atoms with van der Waals surface area (Å²) < 4.78 is 10.00. The van der Waals surface area contributed by atoms with Crippen molar-refractivity contribution in [2.24, 2.45) is 10.2 Å². The molecule has 0 aromatic carbocycles. The van der Waals surface area contributed by atoms with Gasteiger partial charge in [0.15, 0.2) is 4.30 Å². The normalized spacial score (nSPS) is 7.34. The standard InChI is InChI=1S/C6H9N2O3.C5H9N2O2.C3H7ClN.C3H7NO.CHCl3.ClH/c1-3-11-6(10)5(4-9)8-7-2;1-3-9-5(8)4-7-6-2;1-5(2)3-4;1-4(2)3-5;2-1(3)4;/h4H,3H2,1-2H3;4H,3H2,1-2H3;2*3H,1-2H3;1H;1H/q3*+1;;;/p-1. The summed E-state index contributed by atoms with van der Waals surface area (Å²) >= 11 is 19.6. The molecule has 17 heteroatoms. The molecule has 1 amide bonds. The van der Waals surface area contributed by atoms with Gasteiger partial charge in [-0.3, -0.25) is 9.59 Å². The summed E-state index contributed by atoms with van der Waals surface area (Å²) in [6, 6.07) is 0. The highest BCUT2D eigenvalue weighted by Gasteiger charge is 2.23. The number of alkyl halides is 3. The Morgan fingerprint density at radius 2 is 1.43 bits per heavy atom. The van der Waals surface area contributed by atoms with Crippen LogP contribution in [0.25, 0.3) is 0 Å². The van der Waals surface area contributed by atoms with Crippen LogP contribution in [0.5, 0.6) is 0 Å². The fraction of sp³-hybridized carbons (Fsp3) is 0.611. The zero-order valence-corrected chi connectivity index (χ0v) is 24.6. The maximum absolute atomic E-state index is 10.7. The predicted molar refractivity (Wildman–Crippen MR) is 133 cm³/mol. The minimum atomic E-state index is -0.750. The first kappa shape index (κ1) is 46.3. The first-order valence-corrected chi connectivity index (χ1v) is 10.8. The second kappa shape index (κ2) is 39.2. The van der Waals surface area contributed by atoms with Crippen molar-refractivity contribution in [1.29, 1.82) is 0 Å². The van der Waals surface area contributed by atoms with Crippen LogP contribution < -0.4 is 12.4 Å². The highest BCUT2D eigenvalue weighted by Crippen LogP contribution is 2.03. The first-order valence-electron chi connectivity index (χ1n) is 9.06. The molecule has 0 aromatic heterocycles. The molecule has 0 saturated carbocycles. The van der Waals surface area contributed by atoms with Gasteiger partial charge in [0.1, 0.15) is 28.2 Å². The van der Waals surface area contributed by atoms with Crippen LogP contribution in [-0.4, -0.2) is 121 Å². The number of aldehydes is 1. The van der Waals surface area contributed by atoms with Crippen LogP contribution in [0.1, 0.15) is 13.8 Å². The van der Waals surface area contributed by atoms with Gasteiger partial charge in [-0.05, 0) is 25.4 Å². The van der Waals surface area contributed by atoms with E-state index in [-0.39, 0.29) is 24.7 Å². The molecule has 0 spiro atoms. The summed E-state index contributed by atoms with van der Waals surface area (Å²) in [7, 11) is 9.96. The van der Waals surface area contributed by atoms with E-state index >= 15 is 0 Å². The van der Waals surface area contributed by atoms with Gasteiger partial charge in [0, 0.05) is 14.1 Å². The van der Waals surface area contributed by atoms with E-state index in [4.69, 9.17) is 46.4 Å². The van der Waals surface area contributed by atoms with E-state index in [1.807, 2.05) is 14.1 Å². The predicted octanol–water partition coefficient (Wildman–Crippen LogP) is -1.39. The molecular formula is C18H33Cl5N6O6+2. The molecule has 0 atom stereocenters. The lowest BCUT2D eigenvalue weighted by molar-refractivity contribution is -0.457. The van der Waals surface area contributed by atoms with Gasteiger partial charge in [0.2, 0.25) is 18.4 Å². The third-order valence-corrected chi connectivity index (χ3v) is 2.17. The molecule has 0 aliphatic heterocycles. The molecule has 0 aromatic rings. The van der Waals surface area contributed by atoms with E-state index in [1.54, 1.807) is 32.5 Å². The molecule has 0 unspecified atom stereocenters. The Labute approximate surface area is 232 Å². The number of ether oxygens (including phenoxy) is 2. The summed E-state index contributed by atoms with van der Waals surface area (Å²) in [5.74, 6) is -1.20. The van der Waals surface area contributed by atoms with Gasteiger partial charge in [-0.25, -0.2) is 14.2 Å². The molecule has 35 heavy (non-hydrogen) atoms. The lowest BCUT2D eigenvalue weighted by Gasteiger charge is -1.93. The summed E-state index contributed by atoms with van der Waals surface area (Å²) in [5, 5.41) is 6.59. The van der Waals surface area contributed by atoms with Crippen molar-refractivity contribution in [2.75, 3.05) is 55.5 Å². The fourth-order valence-corrected chi connectivity index (χ4v) is 0.710. The quantitative estimate of drug-likeness (QED) is 0.0532. The summed E-state index contributed by atoms with van der Waals surface area (Å²) in [4.78, 5) is 48.7. The Morgan fingerprint density at radius 3 is 1.66 bits per heavy atom. The number of carbonyl (C=O) groups is 4. The van der Waals surface area contributed by atoms with E-state index in [2.05, 4.69) is 29.3 Å². The fourth-order valence-electron chi connectivity index (χ4n) is 0.710. The Bertz CT molecular complexity index is 701. The number of rotatable bonds is 6. The molecule has 0 heterocycles. The van der Waals surface area contributed by atoms with Crippen molar-refractivity contribution in [2.45, 2.75) is 18.1 Å². The van der Waals surface area contributed by atoms with Crippen LogP contribution in [0.3, 0.4) is 0 Å². The second-order valence-electron chi connectivity index (χ2n) is 5.10. The van der Waals surface area contributed by atoms with E-state index in [0.717, 1.165) is 12.6 Å². The number of halogens is 5. The smallest absolute Gasteiger partial charge is 0.487 e. The number of hydrogen-bond donors (Lipinski definition) is 0. The molecule has 12 nitrogen and oxygen atoms in total. The van der Waals surface area contributed by atoms with Gasteiger partial charge in [-0.1, -0.05) is 34.8 Å². The maximum Gasteiger partial charge on any atom is 0.487 e. The van der Waals surface area contributed by atoms with Crippen LogP contribution in [-0.2, 0) is 28.7 Å². The third-order valence-electron chi connectivity index (χ3n) is 1.78. The Kier molecular flexibility index (Phi) is 51.9. The summed E-state index contributed by atoms with van der Waals surface area (Å²) in [5.41, 5.74) is 1.16. The lowest BCUT2D eigenvalue weighted by Crippen LogP contribution is -3.00. The number of carbonyl (C=O) groups excluding carboxylic acids is 4. The van der Waals surface area contributed by atoms with Crippen LogP contribution >= 0.6 is 46.4 Å². The molecule has 0 fully saturated rings. The Morgan fingerprint density at radius 1 is 1.03 bits per heavy atom. The maximum atomic E-state index is 10.7. The highest BCUT2D eigenvalue weighted by molar-refractivity contribution is 6.63.